The van der Waals surface area contributed by atoms with Crippen molar-refractivity contribution in [1.82, 2.24) is 15.1 Å². The summed E-state index contributed by atoms with van der Waals surface area (Å²) < 4.78 is 0. The van der Waals surface area contributed by atoms with Gasteiger partial charge in [0.1, 0.15) is 0 Å². The Morgan fingerprint density at radius 1 is 0.871 bits per heavy atom. The van der Waals surface area contributed by atoms with Crippen molar-refractivity contribution in [2.45, 2.75) is 25.8 Å². The van der Waals surface area contributed by atoms with E-state index in [2.05, 4.69) is 39.4 Å². The molecule has 0 atom stereocenters. The minimum absolute atomic E-state index is 0.0998. The Hall–Kier alpha value is -2.92. The van der Waals surface area contributed by atoms with Crippen molar-refractivity contribution >= 4 is 23.3 Å². The van der Waals surface area contributed by atoms with Crippen molar-refractivity contribution in [2.75, 3.05) is 24.5 Å². The molecule has 1 amide bonds. The van der Waals surface area contributed by atoms with Gasteiger partial charge in [0.25, 0.3) is 0 Å². The van der Waals surface area contributed by atoms with E-state index < -0.39 is 0 Å². The van der Waals surface area contributed by atoms with Crippen LogP contribution < -0.4 is 4.90 Å². The minimum Gasteiger partial charge on any atom is -0.355 e. The molecule has 2 aliphatic heterocycles. The number of amides is 1. The largest absolute Gasteiger partial charge is 0.355 e. The molecule has 1 fully saturated rings. The molecule has 3 heterocycles. The van der Waals surface area contributed by atoms with Crippen LogP contribution in [0.3, 0.4) is 0 Å². The molecule has 0 aliphatic carbocycles. The Balaban J connectivity index is 1.19. The first kappa shape index (κ1) is 20.0. The molecule has 5 nitrogen and oxygen atoms in total. The number of anilines is 1. The van der Waals surface area contributed by atoms with Crippen molar-refractivity contribution in [3.8, 4) is 11.3 Å². The summed E-state index contributed by atoms with van der Waals surface area (Å²) in [7, 11) is 0. The Labute approximate surface area is 187 Å². The first-order valence-electron chi connectivity index (χ1n) is 10.9. The molecule has 158 valence electrons. The molecular formula is C25H25ClN4O. The van der Waals surface area contributed by atoms with Crippen LogP contribution in [-0.4, -0.2) is 40.6 Å². The zero-order valence-electron chi connectivity index (χ0n) is 17.4. The van der Waals surface area contributed by atoms with Gasteiger partial charge < -0.3 is 9.80 Å². The van der Waals surface area contributed by atoms with Crippen LogP contribution in [0.15, 0.2) is 60.7 Å². The number of hydrogen-bond donors (Lipinski definition) is 0. The number of nitrogens with zero attached hydrogens (tertiary/aromatic N) is 4. The molecule has 0 radical (unpaired) electrons. The molecule has 1 aromatic heterocycles. The predicted molar refractivity (Wildman–Crippen MR) is 123 cm³/mol. The van der Waals surface area contributed by atoms with Crippen LogP contribution in [0.5, 0.6) is 0 Å². The third-order valence-electron chi connectivity index (χ3n) is 6.40. The summed E-state index contributed by atoms with van der Waals surface area (Å²) in [6, 6.07) is 20.1. The highest BCUT2D eigenvalue weighted by Crippen LogP contribution is 2.27. The van der Waals surface area contributed by atoms with Crippen molar-refractivity contribution in [3.05, 3.63) is 76.8 Å². The standard InChI is InChI=1S/C25H25ClN4O/c26-22-7-5-19(6-8-22)23-9-10-24(28-27-23)29-14-12-20(13-15-29)25(31)30-16-11-18-3-1-2-4-21(18)17-30/h1-10,20H,11-17H2. The van der Waals surface area contributed by atoms with E-state index in [0.29, 0.717) is 10.9 Å². The average molecular weight is 433 g/mol. The number of halogens is 1. The number of hydrogen-bond acceptors (Lipinski definition) is 4. The molecule has 2 aromatic carbocycles. The molecule has 0 unspecified atom stereocenters. The van der Waals surface area contributed by atoms with Crippen molar-refractivity contribution < 1.29 is 4.79 Å². The van der Waals surface area contributed by atoms with Crippen LogP contribution in [0.25, 0.3) is 11.3 Å². The lowest BCUT2D eigenvalue weighted by atomic mass is 9.93. The number of fused-ring (bicyclic) bond motifs is 1. The van der Waals surface area contributed by atoms with Gasteiger partial charge in [-0.05, 0) is 54.7 Å². The summed E-state index contributed by atoms with van der Waals surface area (Å²) in [5.41, 5.74) is 4.49. The Kier molecular flexibility index (Phi) is 5.60. The number of aromatic nitrogens is 2. The minimum atomic E-state index is 0.0998. The van der Waals surface area contributed by atoms with Gasteiger partial charge in [0.05, 0.1) is 5.69 Å². The summed E-state index contributed by atoms with van der Waals surface area (Å²) in [5.74, 6) is 1.27. The Morgan fingerprint density at radius 3 is 2.32 bits per heavy atom. The van der Waals surface area contributed by atoms with Gasteiger partial charge in [-0.2, -0.15) is 0 Å². The van der Waals surface area contributed by atoms with Gasteiger partial charge in [0.2, 0.25) is 5.91 Å². The van der Waals surface area contributed by atoms with Gasteiger partial charge in [0, 0.05) is 42.7 Å². The molecule has 0 N–H and O–H groups in total. The van der Waals surface area contributed by atoms with Crippen molar-refractivity contribution in [2.24, 2.45) is 5.92 Å². The second kappa shape index (κ2) is 8.67. The molecule has 0 spiro atoms. The van der Waals surface area contributed by atoms with Crippen LogP contribution >= 0.6 is 11.6 Å². The van der Waals surface area contributed by atoms with Gasteiger partial charge in [0.15, 0.2) is 5.82 Å². The van der Waals surface area contributed by atoms with Crippen LogP contribution in [0, 0.1) is 5.92 Å². The summed E-state index contributed by atoms with van der Waals surface area (Å²) in [4.78, 5) is 17.4. The average Bonchev–Trinajstić information content (AvgIpc) is 2.84. The molecule has 2 aliphatic rings. The summed E-state index contributed by atoms with van der Waals surface area (Å²) in [6.45, 7) is 3.23. The Morgan fingerprint density at radius 2 is 1.61 bits per heavy atom. The van der Waals surface area contributed by atoms with E-state index in [1.165, 1.54) is 11.1 Å². The van der Waals surface area contributed by atoms with Crippen LogP contribution in [-0.2, 0) is 17.8 Å². The van der Waals surface area contributed by atoms with E-state index in [0.717, 1.165) is 62.5 Å². The molecule has 0 bridgehead atoms. The molecule has 3 aromatic rings. The maximum Gasteiger partial charge on any atom is 0.226 e. The fourth-order valence-electron chi connectivity index (χ4n) is 4.57. The lowest BCUT2D eigenvalue weighted by molar-refractivity contribution is -0.137. The second-order valence-electron chi connectivity index (χ2n) is 8.32. The highest BCUT2D eigenvalue weighted by Gasteiger charge is 2.30. The quantitative estimate of drug-likeness (QED) is 0.607. The van der Waals surface area contributed by atoms with Crippen LogP contribution in [0.4, 0.5) is 5.82 Å². The zero-order valence-corrected chi connectivity index (χ0v) is 18.1. The van der Waals surface area contributed by atoms with Gasteiger partial charge >= 0.3 is 0 Å². The highest BCUT2D eigenvalue weighted by atomic mass is 35.5. The number of piperidine rings is 1. The zero-order chi connectivity index (χ0) is 21.2. The Bertz CT molecular complexity index is 1060. The number of benzene rings is 2. The fourth-order valence-corrected chi connectivity index (χ4v) is 4.69. The number of carbonyl (C=O) groups is 1. The first-order valence-corrected chi connectivity index (χ1v) is 11.3. The first-order chi connectivity index (χ1) is 15.2. The number of carbonyl (C=O) groups excluding carboxylic acids is 1. The molecule has 1 saturated heterocycles. The molecule has 0 saturated carbocycles. The van der Waals surface area contributed by atoms with Crippen molar-refractivity contribution in [1.29, 1.82) is 0 Å². The van der Waals surface area contributed by atoms with Crippen molar-refractivity contribution in [3.63, 3.8) is 0 Å². The summed E-state index contributed by atoms with van der Waals surface area (Å²) in [6.07, 6.45) is 2.67. The number of rotatable bonds is 3. The monoisotopic (exact) mass is 432 g/mol. The smallest absolute Gasteiger partial charge is 0.226 e. The lowest BCUT2D eigenvalue weighted by Gasteiger charge is -2.36. The van der Waals surface area contributed by atoms with E-state index >= 15 is 0 Å². The van der Waals surface area contributed by atoms with E-state index in [1.807, 2.05) is 41.3 Å². The van der Waals surface area contributed by atoms with E-state index in [4.69, 9.17) is 11.6 Å². The lowest BCUT2D eigenvalue weighted by Crippen LogP contribution is -2.44. The van der Waals surface area contributed by atoms with Crippen LogP contribution in [0.2, 0.25) is 5.02 Å². The van der Waals surface area contributed by atoms with E-state index in [1.54, 1.807) is 0 Å². The highest BCUT2D eigenvalue weighted by molar-refractivity contribution is 6.30. The summed E-state index contributed by atoms with van der Waals surface area (Å²) >= 11 is 5.96. The fraction of sp³-hybridized carbons (Fsp3) is 0.320. The normalized spacial score (nSPS) is 16.8. The third-order valence-corrected chi connectivity index (χ3v) is 6.65. The maximum absolute atomic E-state index is 13.1. The topological polar surface area (TPSA) is 49.3 Å². The summed E-state index contributed by atoms with van der Waals surface area (Å²) in [5, 5.41) is 9.53. The molecular weight excluding hydrogens is 408 g/mol. The van der Waals surface area contributed by atoms with Gasteiger partial charge in [-0.15, -0.1) is 10.2 Å². The van der Waals surface area contributed by atoms with E-state index in [-0.39, 0.29) is 5.92 Å². The molecule has 6 heteroatoms. The third kappa shape index (κ3) is 4.28. The second-order valence-corrected chi connectivity index (χ2v) is 8.76. The van der Waals surface area contributed by atoms with Crippen LogP contribution in [0.1, 0.15) is 24.0 Å². The SMILES string of the molecule is O=C(C1CCN(c2ccc(-c3ccc(Cl)cc3)nn2)CC1)N1CCc2ccccc2C1. The molecule has 31 heavy (non-hydrogen) atoms. The maximum atomic E-state index is 13.1. The predicted octanol–water partition coefficient (Wildman–Crippen LogP) is 4.60. The van der Waals surface area contributed by atoms with Gasteiger partial charge in [-0.3, -0.25) is 4.79 Å². The van der Waals surface area contributed by atoms with E-state index in [9.17, 15) is 4.79 Å². The van der Waals surface area contributed by atoms with Gasteiger partial charge in [-0.25, -0.2) is 0 Å². The molecule has 5 rings (SSSR count). The van der Waals surface area contributed by atoms with Gasteiger partial charge in [-0.1, -0.05) is 48.0 Å².